The molecule has 2 N–H and O–H groups in total. The van der Waals surface area contributed by atoms with E-state index in [9.17, 15) is 5.11 Å². The average Bonchev–Trinajstić information content (AvgIpc) is 2.25. The molecule has 0 amide bonds. The largest absolute Gasteiger partial charge is 0.506 e. The summed E-state index contributed by atoms with van der Waals surface area (Å²) in [7, 11) is 0. The summed E-state index contributed by atoms with van der Waals surface area (Å²) in [5.41, 5.74) is 2.33. The molecule has 0 aromatic heterocycles. The number of hydrogen-bond acceptors (Lipinski definition) is 2. The molecule has 0 bridgehead atoms. The van der Waals surface area contributed by atoms with Crippen LogP contribution in [-0.2, 0) is 0 Å². The number of phenols is 1. The summed E-state index contributed by atoms with van der Waals surface area (Å²) in [5.74, 6) is 0.185. The maximum atomic E-state index is 9.60. The summed E-state index contributed by atoms with van der Waals surface area (Å²) in [5, 5.41) is 13.5. The molecule has 1 unspecified atom stereocenters. The van der Waals surface area contributed by atoms with E-state index in [1.807, 2.05) is 13.0 Å². The van der Waals surface area contributed by atoms with Crippen molar-refractivity contribution in [3.63, 3.8) is 0 Å². The smallest absolute Gasteiger partial charge is 0.134 e. The van der Waals surface area contributed by atoms with Crippen molar-refractivity contribution >= 4 is 11.6 Å². The monoisotopic (exact) mass is 225 g/mol. The zero-order chi connectivity index (χ0) is 10.8. The topological polar surface area (TPSA) is 32.3 Å². The van der Waals surface area contributed by atoms with E-state index in [0.717, 1.165) is 18.5 Å². The second-order valence-electron chi connectivity index (χ2n) is 4.16. The van der Waals surface area contributed by atoms with Crippen LogP contribution >= 0.6 is 11.6 Å². The molecule has 1 fully saturated rings. The first kappa shape index (κ1) is 10.8. The highest BCUT2D eigenvalue weighted by Crippen LogP contribution is 2.32. The lowest BCUT2D eigenvalue weighted by Gasteiger charge is -2.25. The van der Waals surface area contributed by atoms with Crippen molar-refractivity contribution in [3.05, 3.63) is 28.3 Å². The highest BCUT2D eigenvalue weighted by molar-refractivity contribution is 6.32. The number of halogens is 1. The number of aryl methyl sites for hydroxylation is 1. The molecule has 0 spiro atoms. The van der Waals surface area contributed by atoms with Gasteiger partial charge in [0.25, 0.3) is 0 Å². The highest BCUT2D eigenvalue weighted by atomic mass is 35.5. The standard InChI is InChI=1S/C12H16ClNO/c1-8-6-10(13)12(15)7-9(8)11-4-2-3-5-14-11/h6-7,11,14-15H,2-5H2,1H3. The van der Waals surface area contributed by atoms with Gasteiger partial charge in [0.05, 0.1) is 5.02 Å². The van der Waals surface area contributed by atoms with E-state index in [0.29, 0.717) is 11.1 Å². The number of rotatable bonds is 1. The highest BCUT2D eigenvalue weighted by Gasteiger charge is 2.17. The molecule has 1 aromatic rings. The minimum atomic E-state index is 0.185. The summed E-state index contributed by atoms with van der Waals surface area (Å²) >= 11 is 5.85. The number of phenolic OH excluding ortho intramolecular Hbond substituents is 1. The van der Waals surface area contributed by atoms with Gasteiger partial charge in [-0.3, -0.25) is 0 Å². The van der Waals surface area contributed by atoms with Crippen LogP contribution in [0.1, 0.15) is 36.4 Å². The van der Waals surface area contributed by atoms with E-state index in [2.05, 4.69) is 5.32 Å². The first-order valence-electron chi connectivity index (χ1n) is 5.41. The summed E-state index contributed by atoms with van der Waals surface area (Å²) in [6, 6.07) is 4.00. The second-order valence-corrected chi connectivity index (χ2v) is 4.57. The third kappa shape index (κ3) is 2.27. The van der Waals surface area contributed by atoms with Gasteiger partial charge in [-0.05, 0) is 49.6 Å². The van der Waals surface area contributed by atoms with Crippen molar-refractivity contribution in [2.24, 2.45) is 0 Å². The molecular formula is C12H16ClNO. The van der Waals surface area contributed by atoms with E-state index < -0.39 is 0 Å². The predicted octanol–water partition coefficient (Wildman–Crippen LogP) is 3.17. The molecule has 1 heterocycles. The van der Waals surface area contributed by atoms with Gasteiger partial charge in [0.15, 0.2) is 0 Å². The lowest BCUT2D eigenvalue weighted by atomic mass is 9.94. The first-order chi connectivity index (χ1) is 7.18. The Morgan fingerprint density at radius 2 is 2.20 bits per heavy atom. The maximum absolute atomic E-state index is 9.60. The van der Waals surface area contributed by atoms with E-state index in [-0.39, 0.29) is 5.75 Å². The lowest BCUT2D eigenvalue weighted by molar-refractivity contribution is 0.408. The van der Waals surface area contributed by atoms with Crippen LogP contribution in [0, 0.1) is 6.92 Å². The molecule has 1 aromatic carbocycles. The van der Waals surface area contributed by atoms with E-state index in [1.165, 1.54) is 18.4 Å². The number of hydrogen-bond donors (Lipinski definition) is 2. The molecule has 1 aliphatic heterocycles. The normalized spacial score (nSPS) is 21.6. The molecule has 2 rings (SSSR count). The zero-order valence-corrected chi connectivity index (χ0v) is 9.64. The predicted molar refractivity (Wildman–Crippen MR) is 62.4 cm³/mol. The van der Waals surface area contributed by atoms with Gasteiger partial charge in [0.2, 0.25) is 0 Å². The molecule has 1 saturated heterocycles. The molecule has 3 heteroatoms. The van der Waals surface area contributed by atoms with E-state index in [4.69, 9.17) is 11.6 Å². The maximum Gasteiger partial charge on any atom is 0.134 e. The van der Waals surface area contributed by atoms with Crippen LogP contribution in [0.4, 0.5) is 0 Å². The second kappa shape index (κ2) is 4.42. The summed E-state index contributed by atoms with van der Waals surface area (Å²) in [6.45, 7) is 3.10. The summed E-state index contributed by atoms with van der Waals surface area (Å²) < 4.78 is 0. The lowest BCUT2D eigenvalue weighted by Crippen LogP contribution is -2.27. The molecule has 0 aliphatic carbocycles. The van der Waals surface area contributed by atoms with Gasteiger partial charge in [-0.25, -0.2) is 0 Å². The van der Waals surface area contributed by atoms with Crippen molar-refractivity contribution in [1.82, 2.24) is 5.32 Å². The summed E-state index contributed by atoms with van der Waals surface area (Å²) in [6.07, 6.45) is 3.64. The SMILES string of the molecule is Cc1cc(Cl)c(O)cc1C1CCCCN1. The Bertz CT molecular complexity index is 359. The minimum Gasteiger partial charge on any atom is -0.506 e. The Balaban J connectivity index is 2.30. The Morgan fingerprint density at radius 1 is 1.40 bits per heavy atom. The van der Waals surface area contributed by atoms with Crippen molar-refractivity contribution in [2.75, 3.05) is 6.54 Å². The van der Waals surface area contributed by atoms with Gasteiger partial charge in [-0.2, -0.15) is 0 Å². The fourth-order valence-electron chi connectivity index (χ4n) is 2.17. The third-order valence-electron chi connectivity index (χ3n) is 3.02. The number of nitrogens with one attached hydrogen (secondary N) is 1. The van der Waals surface area contributed by atoms with Crippen molar-refractivity contribution in [1.29, 1.82) is 0 Å². The molecule has 1 aliphatic rings. The first-order valence-corrected chi connectivity index (χ1v) is 5.78. The molecule has 0 saturated carbocycles. The van der Waals surface area contributed by atoms with Crippen molar-refractivity contribution in [3.8, 4) is 5.75 Å². The van der Waals surface area contributed by atoms with Crippen LogP contribution in [-0.4, -0.2) is 11.7 Å². The Labute approximate surface area is 95.3 Å². The van der Waals surface area contributed by atoms with Gasteiger partial charge in [0.1, 0.15) is 5.75 Å². The molecular weight excluding hydrogens is 210 g/mol. The zero-order valence-electron chi connectivity index (χ0n) is 8.89. The quantitative estimate of drug-likeness (QED) is 0.770. The van der Waals surface area contributed by atoms with Gasteiger partial charge in [-0.1, -0.05) is 18.0 Å². The number of piperidine rings is 1. The molecule has 1 atom stereocenters. The molecule has 82 valence electrons. The minimum absolute atomic E-state index is 0.185. The van der Waals surface area contributed by atoms with Crippen molar-refractivity contribution < 1.29 is 5.11 Å². The van der Waals surface area contributed by atoms with Crippen LogP contribution in [0.2, 0.25) is 5.02 Å². The van der Waals surface area contributed by atoms with Gasteiger partial charge in [-0.15, -0.1) is 0 Å². The van der Waals surface area contributed by atoms with Gasteiger partial charge >= 0.3 is 0 Å². The van der Waals surface area contributed by atoms with Gasteiger partial charge < -0.3 is 10.4 Å². The fourth-order valence-corrected chi connectivity index (χ4v) is 2.39. The fraction of sp³-hybridized carbons (Fsp3) is 0.500. The van der Waals surface area contributed by atoms with Crippen LogP contribution in [0.3, 0.4) is 0 Å². The summed E-state index contributed by atoms with van der Waals surface area (Å²) in [4.78, 5) is 0. The van der Waals surface area contributed by atoms with Crippen LogP contribution < -0.4 is 5.32 Å². The average molecular weight is 226 g/mol. The van der Waals surface area contributed by atoms with E-state index in [1.54, 1.807) is 6.07 Å². The van der Waals surface area contributed by atoms with Crippen LogP contribution in [0.5, 0.6) is 5.75 Å². The van der Waals surface area contributed by atoms with Crippen molar-refractivity contribution in [2.45, 2.75) is 32.2 Å². The number of aromatic hydroxyl groups is 1. The Kier molecular flexibility index (Phi) is 3.17. The molecule has 0 radical (unpaired) electrons. The van der Waals surface area contributed by atoms with Crippen LogP contribution in [0.15, 0.2) is 12.1 Å². The number of benzene rings is 1. The molecule has 15 heavy (non-hydrogen) atoms. The molecule has 2 nitrogen and oxygen atoms in total. The van der Waals surface area contributed by atoms with Crippen LogP contribution in [0.25, 0.3) is 0 Å². The third-order valence-corrected chi connectivity index (χ3v) is 3.32. The van der Waals surface area contributed by atoms with Gasteiger partial charge in [0, 0.05) is 6.04 Å². The Morgan fingerprint density at radius 3 is 2.87 bits per heavy atom. The Hall–Kier alpha value is -0.730. The van der Waals surface area contributed by atoms with E-state index >= 15 is 0 Å².